The third kappa shape index (κ3) is 2.59. The van der Waals surface area contributed by atoms with Crippen LogP contribution in [-0.4, -0.2) is 34.2 Å². The molecule has 2 N–H and O–H groups in total. The third-order valence-corrected chi connectivity index (χ3v) is 4.14. The maximum Gasteiger partial charge on any atom is 0.310 e. The second-order valence-corrected chi connectivity index (χ2v) is 5.57. The van der Waals surface area contributed by atoms with Gasteiger partial charge in [-0.05, 0) is 32.4 Å². The average molecular weight is 263 g/mol. The molecule has 1 aliphatic rings. The van der Waals surface area contributed by atoms with E-state index in [0.29, 0.717) is 18.7 Å². The number of hydrogen-bond acceptors (Lipinski definition) is 3. The van der Waals surface area contributed by atoms with E-state index in [2.05, 4.69) is 11.8 Å². The number of aromatic hydroxyl groups is 1. The zero-order valence-electron chi connectivity index (χ0n) is 11.5. The Kier molecular flexibility index (Phi) is 3.80. The van der Waals surface area contributed by atoms with Crippen LogP contribution >= 0.6 is 0 Å². The molecule has 19 heavy (non-hydrogen) atoms. The first-order valence-electron chi connectivity index (χ1n) is 6.73. The summed E-state index contributed by atoms with van der Waals surface area (Å²) in [6.45, 7) is 5.16. The Morgan fingerprint density at radius 1 is 1.47 bits per heavy atom. The lowest BCUT2D eigenvalue weighted by molar-refractivity contribution is -0.147. The number of hydrogen-bond donors (Lipinski definition) is 2. The second kappa shape index (κ2) is 5.21. The number of rotatable bonds is 4. The number of likely N-dealkylation sites (tertiary alicyclic amines) is 1. The number of phenolic OH excluding ortho intramolecular Hbond substituents is 1. The first kappa shape index (κ1) is 13.9. The minimum absolute atomic E-state index is 0.0855. The van der Waals surface area contributed by atoms with Crippen molar-refractivity contribution in [3.8, 4) is 5.75 Å². The lowest BCUT2D eigenvalue weighted by atomic mass is 9.90. The largest absolute Gasteiger partial charge is 0.508 e. The smallest absolute Gasteiger partial charge is 0.310 e. The third-order valence-electron chi connectivity index (χ3n) is 4.14. The van der Waals surface area contributed by atoms with Gasteiger partial charge in [-0.15, -0.1) is 0 Å². The average Bonchev–Trinajstić information content (AvgIpc) is 2.77. The lowest BCUT2D eigenvalue weighted by Gasteiger charge is -2.29. The summed E-state index contributed by atoms with van der Waals surface area (Å²) < 4.78 is 0. The Hall–Kier alpha value is -1.55. The quantitative estimate of drug-likeness (QED) is 0.876. The fourth-order valence-corrected chi connectivity index (χ4v) is 2.88. The van der Waals surface area contributed by atoms with Crippen molar-refractivity contribution in [2.45, 2.75) is 32.7 Å². The molecule has 104 valence electrons. The molecule has 2 rings (SSSR count). The SMILES string of the molecule is CCC(c1ccccc1O)N1CCC(C)(C(=O)O)C1. The van der Waals surface area contributed by atoms with Gasteiger partial charge in [0.15, 0.2) is 0 Å². The number of benzene rings is 1. The van der Waals surface area contributed by atoms with Gasteiger partial charge in [0.1, 0.15) is 5.75 Å². The molecule has 2 unspecified atom stereocenters. The van der Waals surface area contributed by atoms with Crippen LogP contribution < -0.4 is 0 Å². The van der Waals surface area contributed by atoms with Crippen molar-refractivity contribution in [1.82, 2.24) is 4.90 Å². The topological polar surface area (TPSA) is 60.8 Å². The molecular weight excluding hydrogens is 242 g/mol. The molecule has 0 saturated carbocycles. The predicted octanol–water partition coefficient (Wildman–Crippen LogP) is 2.64. The van der Waals surface area contributed by atoms with Gasteiger partial charge in [-0.1, -0.05) is 25.1 Å². The number of aliphatic carboxylic acids is 1. The summed E-state index contributed by atoms with van der Waals surface area (Å²) in [6, 6.07) is 7.40. The van der Waals surface area contributed by atoms with Crippen molar-refractivity contribution >= 4 is 5.97 Å². The van der Waals surface area contributed by atoms with Gasteiger partial charge in [-0.25, -0.2) is 0 Å². The first-order chi connectivity index (χ1) is 8.98. The van der Waals surface area contributed by atoms with Crippen LogP contribution in [0.2, 0.25) is 0 Å². The van der Waals surface area contributed by atoms with Crippen molar-refractivity contribution in [3.05, 3.63) is 29.8 Å². The summed E-state index contributed by atoms with van der Waals surface area (Å²) in [5.74, 6) is -0.444. The number of carbonyl (C=O) groups is 1. The summed E-state index contributed by atoms with van der Waals surface area (Å²) >= 11 is 0. The van der Waals surface area contributed by atoms with E-state index in [1.165, 1.54) is 0 Å². The molecule has 4 heteroatoms. The molecule has 0 amide bonds. The lowest BCUT2D eigenvalue weighted by Crippen LogP contribution is -2.33. The Labute approximate surface area is 113 Å². The van der Waals surface area contributed by atoms with E-state index in [0.717, 1.165) is 18.5 Å². The highest BCUT2D eigenvalue weighted by molar-refractivity contribution is 5.74. The number of nitrogens with zero attached hydrogens (tertiary/aromatic N) is 1. The normalized spacial score (nSPS) is 25.4. The fourth-order valence-electron chi connectivity index (χ4n) is 2.88. The van der Waals surface area contributed by atoms with E-state index < -0.39 is 11.4 Å². The predicted molar refractivity (Wildman–Crippen MR) is 73.1 cm³/mol. The van der Waals surface area contributed by atoms with Crippen molar-refractivity contribution in [1.29, 1.82) is 0 Å². The number of carboxylic acid groups (broad SMARTS) is 1. The van der Waals surface area contributed by atoms with Crippen LogP contribution in [0.15, 0.2) is 24.3 Å². The monoisotopic (exact) mass is 263 g/mol. The van der Waals surface area contributed by atoms with E-state index in [9.17, 15) is 15.0 Å². The molecule has 1 aliphatic heterocycles. The van der Waals surface area contributed by atoms with Gasteiger partial charge in [0.2, 0.25) is 0 Å². The summed E-state index contributed by atoms with van der Waals surface area (Å²) in [5, 5.41) is 19.3. The minimum Gasteiger partial charge on any atom is -0.508 e. The van der Waals surface area contributed by atoms with E-state index in [1.807, 2.05) is 12.1 Å². The molecule has 2 atom stereocenters. The van der Waals surface area contributed by atoms with Crippen molar-refractivity contribution in [3.63, 3.8) is 0 Å². The summed E-state index contributed by atoms with van der Waals surface area (Å²) in [7, 11) is 0. The van der Waals surface area contributed by atoms with Gasteiger partial charge in [0, 0.05) is 18.2 Å². The Morgan fingerprint density at radius 3 is 2.68 bits per heavy atom. The molecule has 0 bridgehead atoms. The van der Waals surface area contributed by atoms with Crippen LogP contribution in [0.25, 0.3) is 0 Å². The summed E-state index contributed by atoms with van der Waals surface area (Å²) in [4.78, 5) is 13.5. The molecule has 1 saturated heterocycles. The van der Waals surface area contributed by atoms with Crippen LogP contribution in [0.3, 0.4) is 0 Å². The molecule has 1 fully saturated rings. The fraction of sp³-hybridized carbons (Fsp3) is 0.533. The highest BCUT2D eigenvalue weighted by atomic mass is 16.4. The highest BCUT2D eigenvalue weighted by Crippen LogP contribution is 2.38. The van der Waals surface area contributed by atoms with Gasteiger partial charge < -0.3 is 10.2 Å². The van der Waals surface area contributed by atoms with Crippen molar-refractivity contribution in [2.75, 3.05) is 13.1 Å². The van der Waals surface area contributed by atoms with E-state index in [-0.39, 0.29) is 6.04 Å². The van der Waals surface area contributed by atoms with E-state index in [4.69, 9.17) is 0 Å². The summed E-state index contributed by atoms with van der Waals surface area (Å²) in [5.41, 5.74) is 0.220. The standard InChI is InChI=1S/C15H21NO3/c1-3-12(11-6-4-5-7-13(11)17)16-9-8-15(2,10-16)14(18)19/h4-7,12,17H,3,8-10H2,1-2H3,(H,18,19). The second-order valence-electron chi connectivity index (χ2n) is 5.57. The zero-order valence-corrected chi connectivity index (χ0v) is 11.5. The van der Waals surface area contributed by atoms with Crippen LogP contribution in [0, 0.1) is 5.41 Å². The van der Waals surface area contributed by atoms with Crippen LogP contribution in [0.4, 0.5) is 0 Å². The molecule has 1 heterocycles. The Morgan fingerprint density at radius 2 is 2.16 bits per heavy atom. The summed E-state index contributed by atoms with van der Waals surface area (Å²) in [6.07, 6.45) is 1.51. The molecule has 1 aromatic carbocycles. The van der Waals surface area contributed by atoms with Crippen LogP contribution in [0.5, 0.6) is 5.75 Å². The Balaban J connectivity index is 2.21. The number of phenols is 1. The van der Waals surface area contributed by atoms with Crippen molar-refractivity contribution < 1.29 is 15.0 Å². The Bertz CT molecular complexity index is 474. The van der Waals surface area contributed by atoms with E-state index >= 15 is 0 Å². The van der Waals surface area contributed by atoms with Crippen LogP contribution in [0.1, 0.15) is 38.3 Å². The molecule has 0 aliphatic carbocycles. The molecule has 0 aromatic heterocycles. The number of para-hydroxylation sites is 1. The molecule has 1 aromatic rings. The van der Waals surface area contributed by atoms with Gasteiger partial charge in [0.25, 0.3) is 0 Å². The van der Waals surface area contributed by atoms with Crippen molar-refractivity contribution in [2.24, 2.45) is 5.41 Å². The first-order valence-corrected chi connectivity index (χ1v) is 6.73. The number of carboxylic acids is 1. The minimum atomic E-state index is -0.734. The molecule has 0 spiro atoms. The van der Waals surface area contributed by atoms with Gasteiger partial charge in [0.05, 0.1) is 5.41 Å². The van der Waals surface area contributed by atoms with Crippen LogP contribution in [-0.2, 0) is 4.79 Å². The molecular formula is C15H21NO3. The van der Waals surface area contributed by atoms with Gasteiger partial charge in [-0.2, -0.15) is 0 Å². The maximum absolute atomic E-state index is 11.3. The van der Waals surface area contributed by atoms with Gasteiger partial charge in [-0.3, -0.25) is 9.69 Å². The molecule has 0 radical (unpaired) electrons. The van der Waals surface area contributed by atoms with Gasteiger partial charge >= 0.3 is 5.97 Å². The van der Waals surface area contributed by atoms with E-state index in [1.54, 1.807) is 19.1 Å². The zero-order chi connectivity index (χ0) is 14.0. The molecule has 4 nitrogen and oxygen atoms in total. The highest BCUT2D eigenvalue weighted by Gasteiger charge is 2.42. The maximum atomic E-state index is 11.3.